The summed E-state index contributed by atoms with van der Waals surface area (Å²) in [6.07, 6.45) is 0.162. The van der Waals surface area contributed by atoms with Gasteiger partial charge in [-0.25, -0.2) is 9.59 Å². The van der Waals surface area contributed by atoms with E-state index in [1.165, 1.54) is 16.0 Å². The Morgan fingerprint density at radius 2 is 1.67 bits per heavy atom. The van der Waals surface area contributed by atoms with Gasteiger partial charge in [0.2, 0.25) is 5.91 Å². The number of nitrogens with one attached hydrogen (secondary N) is 1. The highest BCUT2D eigenvalue weighted by Gasteiger charge is 2.56. The summed E-state index contributed by atoms with van der Waals surface area (Å²) in [5.74, 6) is -1.29. The summed E-state index contributed by atoms with van der Waals surface area (Å²) in [5, 5.41) is 12.2. The third kappa shape index (κ3) is 3.75. The number of carboxylic acids is 1. The van der Waals surface area contributed by atoms with Crippen LogP contribution in [-0.2, 0) is 14.3 Å². The fraction of sp³-hybridized carbons (Fsp3) is 0.423. The Morgan fingerprint density at radius 1 is 1.06 bits per heavy atom. The van der Waals surface area contributed by atoms with Crippen LogP contribution < -0.4 is 5.32 Å². The van der Waals surface area contributed by atoms with Gasteiger partial charge < -0.3 is 20.1 Å². The summed E-state index contributed by atoms with van der Waals surface area (Å²) >= 11 is 0. The van der Waals surface area contributed by atoms with Crippen LogP contribution in [0.25, 0.3) is 11.1 Å². The lowest BCUT2D eigenvalue weighted by Crippen LogP contribution is -2.67. The quantitative estimate of drug-likeness (QED) is 0.705. The molecule has 1 heterocycles. The van der Waals surface area contributed by atoms with E-state index < -0.39 is 23.5 Å². The molecule has 1 saturated heterocycles. The smallest absolute Gasteiger partial charge is 0.407 e. The molecule has 2 N–H and O–H groups in total. The van der Waals surface area contributed by atoms with Crippen molar-refractivity contribution in [3.8, 4) is 11.1 Å². The number of nitrogens with zero attached hydrogens (tertiary/aromatic N) is 1. The van der Waals surface area contributed by atoms with Gasteiger partial charge in [0.05, 0.1) is 0 Å². The minimum atomic E-state index is -0.964. The average Bonchev–Trinajstić information content (AvgIpc) is 3.49. The number of carbonyl (C=O) groups excluding carboxylic acids is 2. The number of carbonyl (C=O) groups is 3. The molecule has 2 aliphatic carbocycles. The van der Waals surface area contributed by atoms with E-state index in [1.54, 1.807) is 0 Å². The molecule has 7 nitrogen and oxygen atoms in total. The van der Waals surface area contributed by atoms with Gasteiger partial charge in [-0.2, -0.15) is 0 Å². The molecule has 172 valence electrons. The summed E-state index contributed by atoms with van der Waals surface area (Å²) in [6, 6.07) is 15.6. The average molecular weight is 449 g/mol. The monoisotopic (exact) mass is 448 g/mol. The highest BCUT2D eigenvalue weighted by molar-refractivity contribution is 5.89. The maximum atomic E-state index is 12.7. The van der Waals surface area contributed by atoms with E-state index in [4.69, 9.17) is 4.74 Å². The second-order valence-corrected chi connectivity index (χ2v) is 10.0. The van der Waals surface area contributed by atoms with Crippen molar-refractivity contribution in [1.82, 2.24) is 10.2 Å². The first-order valence-electron chi connectivity index (χ1n) is 11.4. The van der Waals surface area contributed by atoms with E-state index in [0.29, 0.717) is 19.5 Å². The lowest BCUT2D eigenvalue weighted by Gasteiger charge is -2.51. The fourth-order valence-corrected chi connectivity index (χ4v) is 5.45. The van der Waals surface area contributed by atoms with Crippen LogP contribution in [0.1, 0.15) is 37.3 Å². The fourth-order valence-electron chi connectivity index (χ4n) is 5.45. The van der Waals surface area contributed by atoms with E-state index >= 15 is 0 Å². The van der Waals surface area contributed by atoms with Crippen molar-refractivity contribution in [3.05, 3.63) is 59.7 Å². The molecule has 1 aliphatic heterocycles. The zero-order chi connectivity index (χ0) is 23.3. The van der Waals surface area contributed by atoms with Gasteiger partial charge in [0.15, 0.2) is 0 Å². The second-order valence-electron chi connectivity index (χ2n) is 10.0. The maximum absolute atomic E-state index is 12.7. The molecule has 2 aromatic rings. The number of hydrogen-bond donors (Lipinski definition) is 2. The Labute approximate surface area is 192 Å². The van der Waals surface area contributed by atoms with Crippen LogP contribution >= 0.6 is 0 Å². The van der Waals surface area contributed by atoms with Crippen molar-refractivity contribution in [1.29, 1.82) is 0 Å². The first-order chi connectivity index (χ1) is 15.8. The van der Waals surface area contributed by atoms with Crippen LogP contribution in [0.5, 0.6) is 0 Å². The minimum Gasteiger partial charge on any atom is -0.480 e. The molecule has 7 heteroatoms. The van der Waals surface area contributed by atoms with Gasteiger partial charge in [0.25, 0.3) is 0 Å². The molecule has 2 amide bonds. The van der Waals surface area contributed by atoms with Gasteiger partial charge in [-0.05, 0) is 34.6 Å². The molecule has 2 fully saturated rings. The van der Waals surface area contributed by atoms with E-state index in [1.807, 2.05) is 38.1 Å². The molecule has 0 spiro atoms. The molecule has 0 aromatic heterocycles. The van der Waals surface area contributed by atoms with Crippen LogP contribution in [0.2, 0.25) is 0 Å². The van der Waals surface area contributed by atoms with Gasteiger partial charge in [0.1, 0.15) is 12.6 Å². The Balaban J connectivity index is 1.12. The first-order valence-corrected chi connectivity index (χ1v) is 11.4. The van der Waals surface area contributed by atoms with E-state index in [-0.39, 0.29) is 30.3 Å². The van der Waals surface area contributed by atoms with Crippen LogP contribution in [-0.4, -0.2) is 53.7 Å². The topological polar surface area (TPSA) is 95.9 Å². The summed E-state index contributed by atoms with van der Waals surface area (Å²) in [7, 11) is 0. The van der Waals surface area contributed by atoms with Crippen molar-refractivity contribution >= 4 is 18.0 Å². The first kappa shape index (κ1) is 21.5. The highest BCUT2D eigenvalue weighted by atomic mass is 16.5. The number of fused-ring (bicyclic) bond motifs is 3. The number of carboxylic acid groups (broad SMARTS) is 1. The molecule has 3 aliphatic rings. The lowest BCUT2D eigenvalue weighted by molar-refractivity contribution is -0.172. The van der Waals surface area contributed by atoms with Gasteiger partial charge in [-0.3, -0.25) is 4.79 Å². The van der Waals surface area contributed by atoms with Gasteiger partial charge in [0, 0.05) is 30.3 Å². The minimum absolute atomic E-state index is 0.00104. The Kier molecular flexibility index (Phi) is 5.15. The molecule has 33 heavy (non-hydrogen) atoms. The maximum Gasteiger partial charge on any atom is 0.407 e. The number of hydrogen-bond acceptors (Lipinski definition) is 4. The Morgan fingerprint density at radius 3 is 2.24 bits per heavy atom. The number of benzene rings is 2. The number of ether oxygens (including phenoxy) is 1. The summed E-state index contributed by atoms with van der Waals surface area (Å²) in [5.41, 5.74) is 4.26. The predicted octanol–water partition coefficient (Wildman–Crippen LogP) is 3.48. The van der Waals surface area contributed by atoms with Gasteiger partial charge in [-0.15, -0.1) is 0 Å². The second kappa shape index (κ2) is 7.90. The zero-order valence-electron chi connectivity index (χ0n) is 18.8. The van der Waals surface area contributed by atoms with Crippen LogP contribution in [0.15, 0.2) is 48.5 Å². The molecule has 3 atom stereocenters. The summed E-state index contributed by atoms with van der Waals surface area (Å²) in [6.45, 7) is 4.77. The molecule has 2 aromatic carbocycles. The van der Waals surface area contributed by atoms with Crippen molar-refractivity contribution in [3.63, 3.8) is 0 Å². The standard InChI is InChI=1S/C26H28N2O5/c1-26(2)14-28(22(26)24(30)31)23(29)20-11-15(20)12-27-25(32)33-13-21-18-9-5-3-7-16(18)17-8-4-6-10-19(17)21/h3-10,15,20-22H,11-14H2,1-2H3,(H,27,32)(H,30,31)/t15-,20-,22?/m0/s1. The highest BCUT2D eigenvalue weighted by Crippen LogP contribution is 2.46. The van der Waals surface area contributed by atoms with Gasteiger partial charge >= 0.3 is 12.1 Å². The molecular weight excluding hydrogens is 420 g/mol. The SMILES string of the molecule is CC1(C)CN(C(=O)[C@H]2C[C@H]2CNC(=O)OCC2c3ccccc3-c3ccccc32)C1C(=O)O. The molecule has 0 radical (unpaired) electrons. The Bertz CT molecular complexity index is 1080. The molecule has 0 bridgehead atoms. The Hall–Kier alpha value is -3.35. The molecular formula is C26H28N2O5. The van der Waals surface area contributed by atoms with Crippen molar-refractivity contribution in [2.24, 2.45) is 17.3 Å². The van der Waals surface area contributed by atoms with E-state index in [2.05, 4.69) is 29.6 Å². The largest absolute Gasteiger partial charge is 0.480 e. The molecule has 5 rings (SSSR count). The van der Waals surface area contributed by atoms with Crippen LogP contribution in [0.4, 0.5) is 4.79 Å². The number of amides is 2. The predicted molar refractivity (Wildman–Crippen MR) is 122 cm³/mol. The lowest BCUT2D eigenvalue weighted by atomic mass is 9.74. The van der Waals surface area contributed by atoms with Crippen molar-refractivity contribution in [2.75, 3.05) is 19.7 Å². The van der Waals surface area contributed by atoms with E-state index in [9.17, 15) is 19.5 Å². The summed E-state index contributed by atoms with van der Waals surface area (Å²) in [4.78, 5) is 38.0. The van der Waals surface area contributed by atoms with Crippen molar-refractivity contribution < 1.29 is 24.2 Å². The van der Waals surface area contributed by atoms with Crippen molar-refractivity contribution in [2.45, 2.75) is 32.2 Å². The molecule has 1 saturated carbocycles. The summed E-state index contributed by atoms with van der Waals surface area (Å²) < 4.78 is 5.55. The van der Waals surface area contributed by atoms with E-state index in [0.717, 1.165) is 11.1 Å². The number of alkyl carbamates (subject to hydrolysis) is 1. The number of rotatable bonds is 6. The van der Waals surface area contributed by atoms with Crippen LogP contribution in [0, 0.1) is 17.3 Å². The zero-order valence-corrected chi connectivity index (χ0v) is 18.8. The number of likely N-dealkylation sites (tertiary alicyclic amines) is 1. The molecule has 1 unspecified atom stereocenters. The van der Waals surface area contributed by atoms with Gasteiger partial charge in [-0.1, -0.05) is 62.4 Å². The number of aliphatic carboxylic acids is 1. The third-order valence-electron chi connectivity index (χ3n) is 7.24. The van der Waals surface area contributed by atoms with Crippen LogP contribution in [0.3, 0.4) is 0 Å². The third-order valence-corrected chi connectivity index (χ3v) is 7.24. The normalized spacial score (nSPS) is 24.3.